The van der Waals surface area contributed by atoms with Crippen molar-refractivity contribution in [2.75, 3.05) is 0 Å². The first-order chi connectivity index (χ1) is 9.99. The SMILES string of the molecule is Cc1cc(C(=O)N(Cc2ccccc2)C(C)C(=O)O)no1. The highest BCUT2D eigenvalue weighted by Gasteiger charge is 2.28. The third-order valence-electron chi connectivity index (χ3n) is 3.13. The summed E-state index contributed by atoms with van der Waals surface area (Å²) in [5.74, 6) is -1.04. The van der Waals surface area contributed by atoms with Crippen LogP contribution in [0.5, 0.6) is 0 Å². The first-order valence-corrected chi connectivity index (χ1v) is 6.50. The van der Waals surface area contributed by atoms with Crippen molar-refractivity contribution in [2.45, 2.75) is 26.4 Å². The van der Waals surface area contributed by atoms with Crippen molar-refractivity contribution in [2.24, 2.45) is 0 Å². The van der Waals surface area contributed by atoms with Gasteiger partial charge in [-0.3, -0.25) is 4.79 Å². The average molecular weight is 288 g/mol. The summed E-state index contributed by atoms with van der Waals surface area (Å²) < 4.78 is 4.88. The number of aryl methyl sites for hydroxylation is 1. The number of amides is 1. The van der Waals surface area contributed by atoms with Crippen LogP contribution in [0.3, 0.4) is 0 Å². The summed E-state index contributed by atoms with van der Waals surface area (Å²) in [6.07, 6.45) is 0. The van der Waals surface area contributed by atoms with Crippen molar-refractivity contribution < 1.29 is 19.2 Å². The van der Waals surface area contributed by atoms with E-state index < -0.39 is 17.9 Å². The second kappa shape index (κ2) is 6.21. The van der Waals surface area contributed by atoms with Crippen molar-refractivity contribution in [1.29, 1.82) is 0 Å². The fourth-order valence-corrected chi connectivity index (χ4v) is 1.91. The number of carboxylic acids is 1. The van der Waals surface area contributed by atoms with Crippen molar-refractivity contribution in [3.63, 3.8) is 0 Å². The summed E-state index contributed by atoms with van der Waals surface area (Å²) in [7, 11) is 0. The van der Waals surface area contributed by atoms with Gasteiger partial charge in [-0.05, 0) is 19.4 Å². The van der Waals surface area contributed by atoms with Crippen LogP contribution < -0.4 is 0 Å². The Labute approximate surface area is 122 Å². The molecule has 0 radical (unpaired) electrons. The highest BCUT2D eigenvalue weighted by atomic mass is 16.5. The fourth-order valence-electron chi connectivity index (χ4n) is 1.91. The summed E-state index contributed by atoms with van der Waals surface area (Å²) in [6, 6.07) is 9.74. The Bertz CT molecular complexity index is 636. The highest BCUT2D eigenvalue weighted by molar-refractivity contribution is 5.94. The van der Waals surface area contributed by atoms with Crippen LogP contribution >= 0.6 is 0 Å². The molecular weight excluding hydrogens is 272 g/mol. The second-order valence-electron chi connectivity index (χ2n) is 4.76. The molecule has 0 fully saturated rings. The van der Waals surface area contributed by atoms with Crippen LogP contribution in [-0.4, -0.2) is 33.1 Å². The highest BCUT2D eigenvalue weighted by Crippen LogP contribution is 2.14. The average Bonchev–Trinajstić information content (AvgIpc) is 2.91. The van der Waals surface area contributed by atoms with E-state index in [4.69, 9.17) is 4.52 Å². The number of carboxylic acid groups (broad SMARTS) is 1. The minimum Gasteiger partial charge on any atom is -0.480 e. The zero-order valence-corrected chi connectivity index (χ0v) is 11.8. The van der Waals surface area contributed by atoms with E-state index in [0.29, 0.717) is 5.76 Å². The van der Waals surface area contributed by atoms with Crippen molar-refractivity contribution >= 4 is 11.9 Å². The maximum atomic E-state index is 12.4. The molecule has 0 bridgehead atoms. The second-order valence-corrected chi connectivity index (χ2v) is 4.76. The van der Waals surface area contributed by atoms with Gasteiger partial charge in [-0.2, -0.15) is 0 Å². The van der Waals surface area contributed by atoms with E-state index in [1.807, 2.05) is 30.3 Å². The number of hydrogen-bond donors (Lipinski definition) is 1. The molecule has 21 heavy (non-hydrogen) atoms. The summed E-state index contributed by atoms with van der Waals surface area (Å²) >= 11 is 0. The Balaban J connectivity index is 2.27. The van der Waals surface area contributed by atoms with Crippen LogP contribution in [0.15, 0.2) is 40.9 Å². The molecule has 0 aliphatic heterocycles. The zero-order chi connectivity index (χ0) is 15.4. The van der Waals surface area contributed by atoms with Crippen molar-refractivity contribution in [3.8, 4) is 0 Å². The lowest BCUT2D eigenvalue weighted by molar-refractivity contribution is -0.141. The quantitative estimate of drug-likeness (QED) is 0.910. The molecule has 0 saturated carbocycles. The number of aromatic nitrogens is 1. The molecule has 1 N–H and O–H groups in total. The van der Waals surface area contributed by atoms with E-state index in [0.717, 1.165) is 5.56 Å². The first kappa shape index (κ1) is 14.8. The lowest BCUT2D eigenvalue weighted by Gasteiger charge is -2.25. The Morgan fingerprint density at radius 3 is 2.52 bits per heavy atom. The van der Waals surface area contributed by atoms with Gasteiger partial charge >= 0.3 is 5.97 Å². The van der Waals surface area contributed by atoms with Crippen LogP contribution in [0, 0.1) is 6.92 Å². The lowest BCUT2D eigenvalue weighted by Crippen LogP contribution is -2.42. The van der Waals surface area contributed by atoms with Gasteiger partial charge in [-0.1, -0.05) is 35.5 Å². The molecule has 1 aromatic carbocycles. The van der Waals surface area contributed by atoms with Gasteiger partial charge in [0.1, 0.15) is 11.8 Å². The predicted octanol–water partition coefficient (Wildman–Crippen LogP) is 2.10. The van der Waals surface area contributed by atoms with Gasteiger partial charge in [-0.15, -0.1) is 0 Å². The minimum atomic E-state index is -1.07. The van der Waals surface area contributed by atoms with Crippen LogP contribution in [0.2, 0.25) is 0 Å². The molecule has 2 aromatic rings. The molecule has 1 aromatic heterocycles. The van der Waals surface area contributed by atoms with E-state index in [9.17, 15) is 14.7 Å². The molecule has 0 aliphatic carbocycles. The maximum absolute atomic E-state index is 12.4. The zero-order valence-electron chi connectivity index (χ0n) is 11.8. The molecule has 6 heteroatoms. The third kappa shape index (κ3) is 3.47. The lowest BCUT2D eigenvalue weighted by atomic mass is 10.1. The van der Waals surface area contributed by atoms with Crippen LogP contribution in [0.4, 0.5) is 0 Å². The standard InChI is InChI=1S/C15H16N2O4/c1-10-8-13(16-21-10)14(18)17(11(2)15(19)20)9-12-6-4-3-5-7-12/h3-8,11H,9H2,1-2H3,(H,19,20). The topological polar surface area (TPSA) is 83.6 Å². The Kier molecular flexibility index (Phi) is 4.37. The van der Waals surface area contributed by atoms with E-state index in [1.165, 1.54) is 17.9 Å². The van der Waals surface area contributed by atoms with Crippen molar-refractivity contribution in [1.82, 2.24) is 10.1 Å². The number of aliphatic carboxylic acids is 1. The smallest absolute Gasteiger partial charge is 0.326 e. The number of benzene rings is 1. The van der Waals surface area contributed by atoms with Crippen LogP contribution in [-0.2, 0) is 11.3 Å². The third-order valence-corrected chi connectivity index (χ3v) is 3.13. The van der Waals surface area contributed by atoms with E-state index >= 15 is 0 Å². The van der Waals surface area contributed by atoms with Gasteiger partial charge in [0.05, 0.1) is 0 Å². The number of nitrogens with zero attached hydrogens (tertiary/aromatic N) is 2. The molecule has 1 atom stereocenters. The van der Waals surface area contributed by atoms with E-state index in [2.05, 4.69) is 5.16 Å². The van der Waals surface area contributed by atoms with Crippen LogP contribution in [0.25, 0.3) is 0 Å². The fraction of sp³-hybridized carbons (Fsp3) is 0.267. The number of carbonyl (C=O) groups excluding carboxylic acids is 1. The van der Waals surface area contributed by atoms with Gasteiger partial charge in [0.25, 0.3) is 5.91 Å². The molecule has 6 nitrogen and oxygen atoms in total. The summed E-state index contributed by atoms with van der Waals surface area (Å²) in [5, 5.41) is 12.9. The van der Waals surface area contributed by atoms with Crippen LogP contribution in [0.1, 0.15) is 28.7 Å². The van der Waals surface area contributed by atoms with Crippen molar-refractivity contribution in [3.05, 3.63) is 53.4 Å². The molecule has 1 heterocycles. The van der Waals surface area contributed by atoms with Gasteiger partial charge < -0.3 is 14.5 Å². The molecule has 1 unspecified atom stereocenters. The number of carbonyl (C=O) groups is 2. The Hall–Kier alpha value is -2.63. The molecule has 1 amide bonds. The molecule has 110 valence electrons. The summed E-state index contributed by atoms with van der Waals surface area (Å²) in [5.41, 5.74) is 0.954. The molecular formula is C15H16N2O4. The maximum Gasteiger partial charge on any atom is 0.326 e. The van der Waals surface area contributed by atoms with Gasteiger partial charge in [0, 0.05) is 12.6 Å². The minimum absolute atomic E-state index is 0.108. The summed E-state index contributed by atoms with van der Waals surface area (Å²) in [4.78, 5) is 24.9. The normalized spacial score (nSPS) is 11.9. The van der Waals surface area contributed by atoms with E-state index in [1.54, 1.807) is 6.92 Å². The summed E-state index contributed by atoms with van der Waals surface area (Å²) in [6.45, 7) is 3.33. The number of hydrogen-bond acceptors (Lipinski definition) is 4. The Morgan fingerprint density at radius 1 is 1.33 bits per heavy atom. The monoisotopic (exact) mass is 288 g/mol. The van der Waals surface area contributed by atoms with Gasteiger partial charge in [-0.25, -0.2) is 4.79 Å². The molecule has 0 saturated heterocycles. The molecule has 0 aliphatic rings. The predicted molar refractivity (Wildman–Crippen MR) is 74.7 cm³/mol. The van der Waals surface area contributed by atoms with E-state index in [-0.39, 0.29) is 12.2 Å². The molecule has 2 rings (SSSR count). The van der Waals surface area contributed by atoms with Gasteiger partial charge in [0.15, 0.2) is 5.69 Å². The number of rotatable bonds is 5. The largest absolute Gasteiger partial charge is 0.480 e. The molecule has 0 spiro atoms. The van der Waals surface area contributed by atoms with Gasteiger partial charge in [0.2, 0.25) is 0 Å². The first-order valence-electron chi connectivity index (χ1n) is 6.50. The Morgan fingerprint density at radius 2 is 2.00 bits per heavy atom.